The second-order valence-corrected chi connectivity index (χ2v) is 5.29. The van der Waals surface area contributed by atoms with E-state index in [-0.39, 0.29) is 6.61 Å². The first-order valence-electron chi connectivity index (χ1n) is 7.86. The zero-order chi connectivity index (χ0) is 17.9. The highest BCUT2D eigenvalue weighted by molar-refractivity contribution is 5.35. The van der Waals surface area contributed by atoms with E-state index >= 15 is 0 Å². The number of nitriles is 2. The van der Waals surface area contributed by atoms with Crippen molar-refractivity contribution in [3.05, 3.63) is 59.7 Å². The lowest BCUT2D eigenvalue weighted by Crippen LogP contribution is -2.33. The average Bonchev–Trinajstić information content (AvgIpc) is 2.67. The molecule has 0 saturated carbocycles. The van der Waals surface area contributed by atoms with E-state index in [9.17, 15) is 5.11 Å². The van der Waals surface area contributed by atoms with Crippen molar-refractivity contribution in [3.63, 3.8) is 0 Å². The monoisotopic (exact) mass is 337 g/mol. The van der Waals surface area contributed by atoms with Crippen LogP contribution in [-0.4, -0.2) is 37.5 Å². The largest absolute Gasteiger partial charge is 0.492 e. The van der Waals surface area contributed by atoms with E-state index in [0.29, 0.717) is 42.3 Å². The molecule has 1 unspecified atom stereocenters. The molecule has 0 aliphatic heterocycles. The first-order valence-corrected chi connectivity index (χ1v) is 7.86. The highest BCUT2D eigenvalue weighted by Gasteiger charge is 2.05. The minimum absolute atomic E-state index is 0.162. The summed E-state index contributed by atoms with van der Waals surface area (Å²) in [6.45, 7) is 1.57. The lowest BCUT2D eigenvalue weighted by atomic mass is 10.2. The molecule has 2 aromatic rings. The van der Waals surface area contributed by atoms with Crippen LogP contribution in [0.1, 0.15) is 11.1 Å². The summed E-state index contributed by atoms with van der Waals surface area (Å²) >= 11 is 0. The molecule has 2 rings (SSSR count). The van der Waals surface area contributed by atoms with Crippen molar-refractivity contribution in [2.75, 3.05) is 26.3 Å². The van der Waals surface area contributed by atoms with Crippen LogP contribution in [-0.2, 0) is 0 Å². The van der Waals surface area contributed by atoms with E-state index in [4.69, 9.17) is 20.0 Å². The van der Waals surface area contributed by atoms with Crippen LogP contribution < -0.4 is 14.8 Å². The first kappa shape index (κ1) is 18.3. The van der Waals surface area contributed by atoms with Gasteiger partial charge in [-0.3, -0.25) is 0 Å². The molecule has 0 fully saturated rings. The van der Waals surface area contributed by atoms with Gasteiger partial charge >= 0.3 is 0 Å². The topological polar surface area (TPSA) is 98.3 Å². The maximum Gasteiger partial charge on any atom is 0.119 e. The molecular formula is C19H19N3O3. The summed E-state index contributed by atoms with van der Waals surface area (Å²) in [6.07, 6.45) is -0.648. The summed E-state index contributed by atoms with van der Waals surface area (Å²) in [5, 5.41) is 30.4. The molecular weight excluding hydrogens is 318 g/mol. The van der Waals surface area contributed by atoms with Gasteiger partial charge in [0.1, 0.15) is 30.8 Å². The predicted molar refractivity (Wildman–Crippen MR) is 92.2 cm³/mol. The number of benzene rings is 2. The average molecular weight is 337 g/mol. The Balaban J connectivity index is 1.57. The Kier molecular flexibility index (Phi) is 7.27. The van der Waals surface area contributed by atoms with Gasteiger partial charge in [0.15, 0.2) is 0 Å². The van der Waals surface area contributed by atoms with Crippen molar-refractivity contribution in [1.29, 1.82) is 10.5 Å². The van der Waals surface area contributed by atoms with Crippen LogP contribution in [0, 0.1) is 22.7 Å². The molecule has 25 heavy (non-hydrogen) atoms. The van der Waals surface area contributed by atoms with Gasteiger partial charge in [-0.2, -0.15) is 10.5 Å². The summed E-state index contributed by atoms with van der Waals surface area (Å²) in [7, 11) is 0. The van der Waals surface area contributed by atoms with Gasteiger partial charge < -0.3 is 19.9 Å². The zero-order valence-corrected chi connectivity index (χ0v) is 13.7. The van der Waals surface area contributed by atoms with Gasteiger partial charge in [0, 0.05) is 13.1 Å². The van der Waals surface area contributed by atoms with Gasteiger partial charge in [-0.05, 0) is 48.5 Å². The Morgan fingerprint density at radius 1 is 0.880 bits per heavy atom. The molecule has 0 heterocycles. The van der Waals surface area contributed by atoms with Gasteiger partial charge in [-0.1, -0.05) is 0 Å². The van der Waals surface area contributed by atoms with Crippen molar-refractivity contribution < 1.29 is 14.6 Å². The lowest BCUT2D eigenvalue weighted by Gasteiger charge is -2.13. The maximum absolute atomic E-state index is 9.87. The molecule has 0 amide bonds. The molecule has 6 heteroatoms. The number of rotatable bonds is 9. The summed E-state index contributed by atoms with van der Waals surface area (Å²) in [5.41, 5.74) is 1.16. The molecule has 0 saturated heterocycles. The Bertz CT molecular complexity index is 730. The number of hydrogen-bond donors (Lipinski definition) is 2. The van der Waals surface area contributed by atoms with E-state index in [1.165, 1.54) is 0 Å². The van der Waals surface area contributed by atoms with Gasteiger partial charge in [0.2, 0.25) is 0 Å². The SMILES string of the molecule is N#Cc1ccc(OCCNCC(O)COc2ccc(C#N)cc2)cc1. The third kappa shape index (κ3) is 6.52. The van der Waals surface area contributed by atoms with E-state index in [0.717, 1.165) is 0 Å². The van der Waals surface area contributed by atoms with Crippen LogP contribution in [0.3, 0.4) is 0 Å². The molecule has 0 radical (unpaired) electrons. The number of ether oxygens (including phenoxy) is 2. The molecule has 0 aromatic heterocycles. The fraction of sp³-hybridized carbons (Fsp3) is 0.263. The summed E-state index contributed by atoms with van der Waals surface area (Å²) in [4.78, 5) is 0. The Morgan fingerprint density at radius 3 is 1.92 bits per heavy atom. The lowest BCUT2D eigenvalue weighted by molar-refractivity contribution is 0.105. The van der Waals surface area contributed by atoms with Crippen LogP contribution in [0.25, 0.3) is 0 Å². The van der Waals surface area contributed by atoms with Gasteiger partial charge in [0.05, 0.1) is 23.3 Å². The number of aliphatic hydroxyl groups excluding tert-OH is 1. The predicted octanol–water partition coefficient (Wildman–Crippen LogP) is 1.84. The zero-order valence-electron chi connectivity index (χ0n) is 13.7. The first-order chi connectivity index (χ1) is 12.2. The number of nitrogens with one attached hydrogen (secondary N) is 1. The van der Waals surface area contributed by atoms with Gasteiger partial charge in [-0.15, -0.1) is 0 Å². The van der Waals surface area contributed by atoms with Crippen molar-refractivity contribution >= 4 is 0 Å². The summed E-state index contributed by atoms with van der Waals surface area (Å²) < 4.78 is 11.0. The Morgan fingerprint density at radius 2 is 1.40 bits per heavy atom. The molecule has 0 aliphatic carbocycles. The standard InChI is InChI=1S/C19H19N3O3/c20-11-15-1-5-18(6-2-15)24-10-9-22-13-17(23)14-25-19-7-3-16(12-21)4-8-19/h1-8,17,22-23H,9-10,13-14H2. The molecule has 2 N–H and O–H groups in total. The Hall–Kier alpha value is -3.06. The van der Waals surface area contributed by atoms with Crippen LogP contribution >= 0.6 is 0 Å². The van der Waals surface area contributed by atoms with Crippen molar-refractivity contribution in [3.8, 4) is 23.6 Å². The minimum Gasteiger partial charge on any atom is -0.492 e. The number of aliphatic hydroxyl groups is 1. The fourth-order valence-electron chi connectivity index (χ4n) is 2.01. The van der Waals surface area contributed by atoms with Crippen molar-refractivity contribution in [2.45, 2.75) is 6.10 Å². The minimum atomic E-state index is -0.648. The highest BCUT2D eigenvalue weighted by Crippen LogP contribution is 2.12. The third-order valence-corrected chi connectivity index (χ3v) is 3.34. The van der Waals surface area contributed by atoms with Crippen LogP contribution in [0.5, 0.6) is 11.5 Å². The van der Waals surface area contributed by atoms with E-state index in [1.54, 1.807) is 48.5 Å². The van der Waals surface area contributed by atoms with Crippen molar-refractivity contribution in [1.82, 2.24) is 5.32 Å². The van der Waals surface area contributed by atoms with Crippen LogP contribution in [0.2, 0.25) is 0 Å². The number of nitrogens with zero attached hydrogens (tertiary/aromatic N) is 2. The van der Waals surface area contributed by atoms with Gasteiger partial charge in [0.25, 0.3) is 0 Å². The second-order valence-electron chi connectivity index (χ2n) is 5.29. The van der Waals surface area contributed by atoms with E-state index < -0.39 is 6.10 Å². The van der Waals surface area contributed by atoms with Crippen LogP contribution in [0.4, 0.5) is 0 Å². The van der Waals surface area contributed by atoms with Crippen molar-refractivity contribution in [2.24, 2.45) is 0 Å². The Labute approximate surface area is 146 Å². The second kappa shape index (κ2) is 9.94. The summed E-state index contributed by atoms with van der Waals surface area (Å²) in [5.74, 6) is 1.31. The van der Waals surface area contributed by atoms with Crippen LogP contribution in [0.15, 0.2) is 48.5 Å². The molecule has 6 nitrogen and oxygen atoms in total. The molecule has 0 bridgehead atoms. The van der Waals surface area contributed by atoms with E-state index in [2.05, 4.69) is 11.4 Å². The smallest absolute Gasteiger partial charge is 0.119 e. The third-order valence-electron chi connectivity index (χ3n) is 3.34. The molecule has 1 atom stereocenters. The molecule has 128 valence electrons. The highest BCUT2D eigenvalue weighted by atomic mass is 16.5. The quantitative estimate of drug-likeness (QED) is 0.678. The molecule has 0 aliphatic rings. The van der Waals surface area contributed by atoms with Gasteiger partial charge in [-0.25, -0.2) is 0 Å². The molecule has 2 aromatic carbocycles. The summed E-state index contributed by atoms with van der Waals surface area (Å²) in [6, 6.07) is 17.7. The molecule has 0 spiro atoms. The maximum atomic E-state index is 9.87. The van der Waals surface area contributed by atoms with E-state index in [1.807, 2.05) is 6.07 Å². The number of hydrogen-bond acceptors (Lipinski definition) is 6. The fourth-order valence-corrected chi connectivity index (χ4v) is 2.01. The normalized spacial score (nSPS) is 11.2.